The van der Waals surface area contributed by atoms with Gasteiger partial charge in [-0.1, -0.05) is 52.4 Å². The van der Waals surface area contributed by atoms with Crippen LogP contribution in [0.25, 0.3) is 0 Å². The Hall–Kier alpha value is -0.0700. The minimum atomic E-state index is -0.799. The first-order chi connectivity index (χ1) is 9.67. The molecule has 2 aliphatic carbocycles. The Kier molecular flexibility index (Phi) is 6.36. The summed E-state index contributed by atoms with van der Waals surface area (Å²) >= 11 is 0. The first kappa shape index (κ1) is 16.3. The van der Waals surface area contributed by atoms with Crippen LogP contribution in [0.4, 0.5) is 4.39 Å². The highest BCUT2D eigenvalue weighted by Crippen LogP contribution is 2.45. The molecule has 0 aromatic carbocycles. The Bertz CT molecular complexity index is 257. The predicted molar refractivity (Wildman–Crippen MR) is 85.7 cm³/mol. The van der Waals surface area contributed by atoms with E-state index < -0.39 is 5.67 Å². The molecule has 0 N–H and O–H groups in total. The smallest absolute Gasteiger partial charge is 0.111 e. The van der Waals surface area contributed by atoms with Crippen molar-refractivity contribution in [3.8, 4) is 0 Å². The van der Waals surface area contributed by atoms with E-state index in [1.807, 2.05) is 0 Å². The molecular formula is C19H35F. The zero-order valence-electron chi connectivity index (χ0n) is 13.8. The maximum absolute atomic E-state index is 14.8. The Morgan fingerprint density at radius 1 is 0.850 bits per heavy atom. The van der Waals surface area contributed by atoms with Crippen LogP contribution in [-0.4, -0.2) is 5.67 Å². The molecule has 2 saturated carbocycles. The molecule has 0 radical (unpaired) electrons. The van der Waals surface area contributed by atoms with Gasteiger partial charge in [-0.3, -0.25) is 0 Å². The van der Waals surface area contributed by atoms with Gasteiger partial charge in [-0.2, -0.15) is 0 Å². The monoisotopic (exact) mass is 282 g/mol. The van der Waals surface area contributed by atoms with E-state index in [1.165, 1.54) is 57.8 Å². The maximum atomic E-state index is 14.8. The molecule has 0 atom stereocenters. The summed E-state index contributed by atoms with van der Waals surface area (Å²) in [6.07, 6.45) is 15.5. The van der Waals surface area contributed by atoms with E-state index in [4.69, 9.17) is 0 Å². The van der Waals surface area contributed by atoms with Gasteiger partial charge in [-0.05, 0) is 62.7 Å². The normalized spacial score (nSPS) is 38.9. The number of alkyl halides is 1. The first-order valence-electron chi connectivity index (χ1n) is 9.35. The van der Waals surface area contributed by atoms with Gasteiger partial charge in [-0.15, -0.1) is 0 Å². The number of hydrogen-bond donors (Lipinski definition) is 0. The van der Waals surface area contributed by atoms with E-state index in [1.54, 1.807) is 0 Å². The van der Waals surface area contributed by atoms with E-state index in [0.717, 1.165) is 43.4 Å². The number of unbranched alkanes of at least 4 members (excludes halogenated alkanes) is 2. The molecule has 0 amide bonds. The minimum Gasteiger partial charge on any atom is -0.244 e. The van der Waals surface area contributed by atoms with Crippen LogP contribution in [0, 0.1) is 17.8 Å². The molecule has 20 heavy (non-hydrogen) atoms. The summed E-state index contributed by atoms with van der Waals surface area (Å²) in [5.41, 5.74) is -0.799. The van der Waals surface area contributed by atoms with Gasteiger partial charge in [0, 0.05) is 0 Å². The fourth-order valence-electron chi connectivity index (χ4n) is 4.64. The second kappa shape index (κ2) is 7.80. The standard InChI is InChI=1S/C19H35F/c1-3-5-6-13-19(20)14-11-18(12-15-19)17-9-7-16(4-2)8-10-17/h16-18H,3-15H2,1-2H3/t16-,17-,18?,19?. The summed E-state index contributed by atoms with van der Waals surface area (Å²) in [5.74, 6) is 2.77. The lowest BCUT2D eigenvalue weighted by Crippen LogP contribution is -2.33. The summed E-state index contributed by atoms with van der Waals surface area (Å²) in [7, 11) is 0. The van der Waals surface area contributed by atoms with E-state index >= 15 is 0 Å². The van der Waals surface area contributed by atoms with E-state index in [9.17, 15) is 4.39 Å². The van der Waals surface area contributed by atoms with Crippen molar-refractivity contribution in [2.45, 2.75) is 103 Å². The third kappa shape index (κ3) is 4.46. The topological polar surface area (TPSA) is 0 Å². The number of hydrogen-bond acceptors (Lipinski definition) is 0. The fraction of sp³-hybridized carbons (Fsp3) is 1.00. The third-order valence-corrected chi connectivity index (χ3v) is 6.29. The van der Waals surface area contributed by atoms with Crippen molar-refractivity contribution >= 4 is 0 Å². The van der Waals surface area contributed by atoms with Crippen LogP contribution in [-0.2, 0) is 0 Å². The van der Waals surface area contributed by atoms with Gasteiger partial charge >= 0.3 is 0 Å². The van der Waals surface area contributed by atoms with Crippen LogP contribution in [0.1, 0.15) is 97.3 Å². The Morgan fingerprint density at radius 2 is 1.45 bits per heavy atom. The average Bonchev–Trinajstić information content (AvgIpc) is 2.48. The molecule has 2 rings (SSSR count). The highest BCUT2D eigenvalue weighted by Gasteiger charge is 2.37. The molecule has 2 fully saturated rings. The van der Waals surface area contributed by atoms with Crippen molar-refractivity contribution in [1.29, 1.82) is 0 Å². The van der Waals surface area contributed by atoms with Gasteiger partial charge in [-0.25, -0.2) is 4.39 Å². The quantitative estimate of drug-likeness (QED) is 0.476. The fourth-order valence-corrected chi connectivity index (χ4v) is 4.64. The Labute approximate surface area is 125 Å². The van der Waals surface area contributed by atoms with Gasteiger partial charge in [0.1, 0.15) is 5.67 Å². The molecule has 0 aliphatic heterocycles. The van der Waals surface area contributed by atoms with Gasteiger partial charge < -0.3 is 0 Å². The first-order valence-corrected chi connectivity index (χ1v) is 9.35. The zero-order chi connectivity index (χ0) is 14.4. The molecule has 0 heterocycles. The van der Waals surface area contributed by atoms with Crippen molar-refractivity contribution < 1.29 is 4.39 Å². The molecule has 0 spiro atoms. The average molecular weight is 282 g/mol. The highest BCUT2D eigenvalue weighted by atomic mass is 19.1. The molecule has 2 aliphatic rings. The molecule has 0 aromatic rings. The highest BCUT2D eigenvalue weighted by molar-refractivity contribution is 4.89. The zero-order valence-corrected chi connectivity index (χ0v) is 13.8. The van der Waals surface area contributed by atoms with Crippen LogP contribution in [0.5, 0.6) is 0 Å². The van der Waals surface area contributed by atoms with E-state index in [-0.39, 0.29) is 0 Å². The molecule has 0 unspecified atom stereocenters. The van der Waals surface area contributed by atoms with E-state index in [0.29, 0.717) is 0 Å². The lowest BCUT2D eigenvalue weighted by Gasteiger charge is -2.40. The summed E-state index contributed by atoms with van der Waals surface area (Å²) in [6.45, 7) is 4.54. The lowest BCUT2D eigenvalue weighted by atomic mass is 9.67. The number of rotatable bonds is 6. The Morgan fingerprint density at radius 3 is 2.00 bits per heavy atom. The van der Waals surface area contributed by atoms with Crippen molar-refractivity contribution in [3.63, 3.8) is 0 Å². The molecule has 1 heteroatoms. The van der Waals surface area contributed by atoms with Gasteiger partial charge in [0.05, 0.1) is 0 Å². The second-order valence-corrected chi connectivity index (χ2v) is 7.63. The molecule has 118 valence electrons. The lowest BCUT2D eigenvalue weighted by molar-refractivity contribution is 0.0459. The van der Waals surface area contributed by atoms with Crippen LogP contribution >= 0.6 is 0 Å². The van der Waals surface area contributed by atoms with Crippen LogP contribution < -0.4 is 0 Å². The number of halogens is 1. The summed E-state index contributed by atoms with van der Waals surface area (Å²) in [6, 6.07) is 0. The Balaban J connectivity index is 1.71. The molecule has 0 saturated heterocycles. The summed E-state index contributed by atoms with van der Waals surface area (Å²) in [4.78, 5) is 0. The summed E-state index contributed by atoms with van der Waals surface area (Å²) < 4.78 is 14.8. The van der Waals surface area contributed by atoms with Crippen molar-refractivity contribution in [3.05, 3.63) is 0 Å². The molecule has 0 aromatic heterocycles. The maximum Gasteiger partial charge on any atom is 0.111 e. The second-order valence-electron chi connectivity index (χ2n) is 7.63. The predicted octanol–water partition coefficient (Wildman–Crippen LogP) is 6.68. The minimum absolute atomic E-state index is 0.799. The van der Waals surface area contributed by atoms with Crippen molar-refractivity contribution in [1.82, 2.24) is 0 Å². The van der Waals surface area contributed by atoms with Crippen molar-refractivity contribution in [2.24, 2.45) is 17.8 Å². The van der Waals surface area contributed by atoms with E-state index in [2.05, 4.69) is 13.8 Å². The van der Waals surface area contributed by atoms with Gasteiger partial charge in [0.25, 0.3) is 0 Å². The van der Waals surface area contributed by atoms with Gasteiger partial charge in [0.2, 0.25) is 0 Å². The van der Waals surface area contributed by atoms with Crippen LogP contribution in [0.3, 0.4) is 0 Å². The molecular weight excluding hydrogens is 247 g/mol. The van der Waals surface area contributed by atoms with Crippen molar-refractivity contribution in [2.75, 3.05) is 0 Å². The molecule has 0 nitrogen and oxygen atoms in total. The molecule has 0 bridgehead atoms. The largest absolute Gasteiger partial charge is 0.244 e. The SMILES string of the molecule is CCCCCC1(F)CCC([C@H]2CC[C@H](CC)CC2)CC1. The van der Waals surface area contributed by atoms with Crippen LogP contribution in [0.2, 0.25) is 0 Å². The summed E-state index contributed by atoms with van der Waals surface area (Å²) in [5, 5.41) is 0. The van der Waals surface area contributed by atoms with Crippen LogP contribution in [0.15, 0.2) is 0 Å². The third-order valence-electron chi connectivity index (χ3n) is 6.29. The van der Waals surface area contributed by atoms with Gasteiger partial charge in [0.15, 0.2) is 0 Å².